The fourth-order valence-electron chi connectivity index (χ4n) is 4.83. The van der Waals surface area contributed by atoms with Gasteiger partial charge in [-0.3, -0.25) is 14.5 Å². The van der Waals surface area contributed by atoms with E-state index in [-0.39, 0.29) is 17.7 Å². The Labute approximate surface area is 153 Å². The topological polar surface area (TPSA) is 97.4 Å². The number of fused-ring (bicyclic) bond motifs is 1. The molecule has 1 atom stereocenters. The van der Waals surface area contributed by atoms with Gasteiger partial charge >= 0.3 is 0 Å². The Bertz CT molecular complexity index is 673. The minimum atomic E-state index is -0.567. The summed E-state index contributed by atoms with van der Waals surface area (Å²) in [5.41, 5.74) is 5.27. The van der Waals surface area contributed by atoms with E-state index in [1.54, 1.807) is 6.33 Å². The highest BCUT2D eigenvalue weighted by Gasteiger charge is 2.46. The molecule has 0 spiro atoms. The summed E-state index contributed by atoms with van der Waals surface area (Å²) in [7, 11) is 0. The molecule has 26 heavy (non-hydrogen) atoms. The lowest BCUT2D eigenvalue weighted by Crippen LogP contribution is -2.64. The molecule has 2 fully saturated rings. The number of amides is 2. The van der Waals surface area contributed by atoms with Crippen LogP contribution in [0.4, 0.5) is 0 Å². The molecule has 2 N–H and O–H groups in total. The van der Waals surface area contributed by atoms with Crippen LogP contribution in [0.1, 0.15) is 44.3 Å². The van der Waals surface area contributed by atoms with Crippen LogP contribution in [0.3, 0.4) is 0 Å². The van der Waals surface area contributed by atoms with E-state index in [1.165, 1.54) is 6.42 Å². The van der Waals surface area contributed by atoms with E-state index in [0.717, 1.165) is 44.6 Å². The Morgan fingerprint density at radius 2 is 1.85 bits per heavy atom. The van der Waals surface area contributed by atoms with E-state index < -0.39 is 5.54 Å². The number of rotatable bonds is 3. The standard InChI is InChI=1S/C18H28N6O2/c19-17(26)18(23-8-2-1-3-9-23)6-10-22(11-7-18)16(25)14-4-5-15-20-13-21-24(15)12-14/h13-14H,1-12H2,(H2,19,26). The summed E-state index contributed by atoms with van der Waals surface area (Å²) in [5.74, 6) is 0.880. The van der Waals surface area contributed by atoms with E-state index in [4.69, 9.17) is 5.73 Å². The first kappa shape index (κ1) is 17.5. The number of nitrogens with two attached hydrogens (primary N) is 1. The van der Waals surface area contributed by atoms with Gasteiger partial charge in [-0.15, -0.1) is 0 Å². The number of carbonyl (C=O) groups excluding carboxylic acids is 2. The SMILES string of the molecule is NC(=O)C1(N2CCCCC2)CCN(C(=O)C2CCc3ncnn3C2)CC1. The van der Waals surface area contributed by atoms with Crippen molar-refractivity contribution in [3.63, 3.8) is 0 Å². The molecule has 142 valence electrons. The molecule has 0 aliphatic carbocycles. The van der Waals surface area contributed by atoms with E-state index in [2.05, 4.69) is 15.0 Å². The molecule has 0 aromatic carbocycles. The van der Waals surface area contributed by atoms with Crippen molar-refractivity contribution in [2.75, 3.05) is 26.2 Å². The number of carbonyl (C=O) groups is 2. The summed E-state index contributed by atoms with van der Waals surface area (Å²) in [6, 6.07) is 0. The molecular formula is C18H28N6O2. The van der Waals surface area contributed by atoms with Gasteiger partial charge in [0.1, 0.15) is 17.7 Å². The number of aryl methyl sites for hydroxylation is 1. The molecule has 8 nitrogen and oxygen atoms in total. The summed E-state index contributed by atoms with van der Waals surface area (Å²) < 4.78 is 1.84. The summed E-state index contributed by atoms with van der Waals surface area (Å²) in [6.07, 6.45) is 7.94. The van der Waals surface area contributed by atoms with Gasteiger partial charge in [0.2, 0.25) is 11.8 Å². The molecule has 1 aromatic rings. The average molecular weight is 360 g/mol. The van der Waals surface area contributed by atoms with Crippen LogP contribution in [0, 0.1) is 5.92 Å². The van der Waals surface area contributed by atoms with Crippen molar-refractivity contribution in [1.29, 1.82) is 0 Å². The van der Waals surface area contributed by atoms with Gasteiger partial charge < -0.3 is 10.6 Å². The van der Waals surface area contributed by atoms with Crippen LogP contribution in [-0.2, 0) is 22.6 Å². The van der Waals surface area contributed by atoms with E-state index in [9.17, 15) is 9.59 Å². The molecule has 1 aromatic heterocycles. The monoisotopic (exact) mass is 360 g/mol. The Kier molecular flexibility index (Phi) is 4.69. The fraction of sp³-hybridized carbons (Fsp3) is 0.778. The molecule has 4 rings (SSSR count). The number of primary amides is 1. The molecule has 4 heterocycles. The van der Waals surface area contributed by atoms with Crippen LogP contribution in [0.2, 0.25) is 0 Å². The van der Waals surface area contributed by atoms with Crippen molar-refractivity contribution < 1.29 is 9.59 Å². The Morgan fingerprint density at radius 1 is 1.12 bits per heavy atom. The fourth-order valence-corrected chi connectivity index (χ4v) is 4.83. The van der Waals surface area contributed by atoms with Gasteiger partial charge in [-0.05, 0) is 45.2 Å². The van der Waals surface area contributed by atoms with Crippen LogP contribution in [0.5, 0.6) is 0 Å². The number of piperidine rings is 2. The van der Waals surface area contributed by atoms with E-state index in [0.29, 0.717) is 32.5 Å². The van der Waals surface area contributed by atoms with Crippen molar-refractivity contribution in [3.05, 3.63) is 12.2 Å². The first-order valence-corrected chi connectivity index (χ1v) is 9.80. The van der Waals surface area contributed by atoms with Crippen LogP contribution in [0.25, 0.3) is 0 Å². The molecule has 0 saturated carbocycles. The molecule has 1 unspecified atom stereocenters. The highest BCUT2D eigenvalue weighted by molar-refractivity contribution is 5.85. The first-order chi connectivity index (χ1) is 12.6. The third-order valence-corrected chi connectivity index (χ3v) is 6.48. The molecule has 8 heteroatoms. The van der Waals surface area contributed by atoms with Crippen LogP contribution in [-0.4, -0.2) is 68.1 Å². The second-order valence-electron chi connectivity index (χ2n) is 7.86. The number of hydrogen-bond donors (Lipinski definition) is 1. The minimum Gasteiger partial charge on any atom is -0.368 e. The second-order valence-corrected chi connectivity index (χ2v) is 7.86. The Balaban J connectivity index is 1.40. The zero-order valence-electron chi connectivity index (χ0n) is 15.3. The predicted molar refractivity (Wildman–Crippen MR) is 95.0 cm³/mol. The normalized spacial score (nSPS) is 26.3. The maximum absolute atomic E-state index is 13.0. The lowest BCUT2D eigenvalue weighted by atomic mass is 9.83. The highest BCUT2D eigenvalue weighted by Crippen LogP contribution is 2.32. The molecular weight excluding hydrogens is 332 g/mol. The van der Waals surface area contributed by atoms with Crippen molar-refractivity contribution in [2.24, 2.45) is 11.7 Å². The number of aromatic nitrogens is 3. The maximum Gasteiger partial charge on any atom is 0.238 e. The van der Waals surface area contributed by atoms with Gasteiger partial charge in [-0.2, -0.15) is 5.10 Å². The van der Waals surface area contributed by atoms with Crippen molar-refractivity contribution in [2.45, 2.75) is 57.0 Å². The van der Waals surface area contributed by atoms with Gasteiger partial charge in [-0.1, -0.05) is 6.42 Å². The van der Waals surface area contributed by atoms with Gasteiger partial charge in [0, 0.05) is 19.5 Å². The van der Waals surface area contributed by atoms with Crippen LogP contribution >= 0.6 is 0 Å². The van der Waals surface area contributed by atoms with Crippen molar-refractivity contribution in [1.82, 2.24) is 24.6 Å². The average Bonchev–Trinajstić information content (AvgIpc) is 3.16. The van der Waals surface area contributed by atoms with E-state index >= 15 is 0 Å². The molecule has 2 amide bonds. The molecule has 2 saturated heterocycles. The van der Waals surface area contributed by atoms with Gasteiger partial charge in [0.25, 0.3) is 0 Å². The van der Waals surface area contributed by atoms with E-state index in [1.807, 2.05) is 9.58 Å². The molecule has 3 aliphatic rings. The zero-order valence-corrected chi connectivity index (χ0v) is 15.3. The van der Waals surface area contributed by atoms with Gasteiger partial charge in [-0.25, -0.2) is 9.67 Å². The smallest absolute Gasteiger partial charge is 0.238 e. The quantitative estimate of drug-likeness (QED) is 0.829. The summed E-state index contributed by atoms with van der Waals surface area (Å²) >= 11 is 0. The van der Waals surface area contributed by atoms with Crippen LogP contribution < -0.4 is 5.73 Å². The predicted octanol–water partition coefficient (Wildman–Crippen LogP) is 0.173. The molecule has 0 radical (unpaired) electrons. The van der Waals surface area contributed by atoms with Gasteiger partial charge in [0.15, 0.2) is 0 Å². The zero-order chi connectivity index (χ0) is 18.1. The Morgan fingerprint density at radius 3 is 2.54 bits per heavy atom. The first-order valence-electron chi connectivity index (χ1n) is 9.80. The van der Waals surface area contributed by atoms with Crippen molar-refractivity contribution in [3.8, 4) is 0 Å². The minimum absolute atomic E-state index is 0.0414. The third-order valence-electron chi connectivity index (χ3n) is 6.48. The second kappa shape index (κ2) is 6.98. The number of likely N-dealkylation sites (tertiary alicyclic amines) is 2. The molecule has 3 aliphatic heterocycles. The third kappa shape index (κ3) is 3.00. The summed E-state index contributed by atoms with van der Waals surface area (Å²) in [4.78, 5) is 33.7. The highest BCUT2D eigenvalue weighted by atomic mass is 16.2. The number of nitrogens with zero attached hydrogens (tertiary/aromatic N) is 5. The molecule has 0 bridgehead atoms. The largest absolute Gasteiger partial charge is 0.368 e. The van der Waals surface area contributed by atoms with Crippen LogP contribution in [0.15, 0.2) is 6.33 Å². The number of hydrogen-bond acceptors (Lipinski definition) is 5. The van der Waals surface area contributed by atoms with Crippen molar-refractivity contribution >= 4 is 11.8 Å². The lowest BCUT2D eigenvalue weighted by molar-refractivity contribution is -0.145. The summed E-state index contributed by atoms with van der Waals surface area (Å²) in [5, 5.41) is 4.21. The van der Waals surface area contributed by atoms with Gasteiger partial charge in [0.05, 0.1) is 12.5 Å². The Hall–Kier alpha value is -1.96. The lowest BCUT2D eigenvalue weighted by Gasteiger charge is -2.48. The maximum atomic E-state index is 13.0. The summed E-state index contributed by atoms with van der Waals surface area (Å²) in [6.45, 7) is 3.71.